The highest BCUT2D eigenvalue weighted by molar-refractivity contribution is 5.91. The van der Waals surface area contributed by atoms with Crippen molar-refractivity contribution in [2.75, 3.05) is 0 Å². The molecule has 0 saturated carbocycles. The third kappa shape index (κ3) is 1.81. The molecule has 0 fully saturated rings. The number of carbonyl (C=O) groups is 1. The van der Waals surface area contributed by atoms with E-state index >= 15 is 0 Å². The van der Waals surface area contributed by atoms with E-state index in [1.54, 1.807) is 0 Å². The summed E-state index contributed by atoms with van der Waals surface area (Å²) < 4.78 is 49.2. The average Bonchev–Trinajstić information content (AvgIpc) is 2.01. The Morgan fingerprint density at radius 2 is 2.00 bits per heavy atom. The van der Waals surface area contributed by atoms with Crippen LogP contribution < -0.4 is 5.73 Å². The fraction of sp³-hybridized carbons (Fsp3) is 0.143. The van der Waals surface area contributed by atoms with Gasteiger partial charge in [-0.25, -0.2) is 9.37 Å². The monoisotopic (exact) mass is 208 g/mol. The van der Waals surface area contributed by atoms with Gasteiger partial charge < -0.3 is 5.73 Å². The van der Waals surface area contributed by atoms with E-state index in [1.165, 1.54) is 0 Å². The first-order chi connectivity index (χ1) is 6.34. The van der Waals surface area contributed by atoms with Gasteiger partial charge in [-0.05, 0) is 6.07 Å². The van der Waals surface area contributed by atoms with Crippen LogP contribution in [-0.4, -0.2) is 10.9 Å². The minimum absolute atomic E-state index is 0.432. The highest BCUT2D eigenvalue weighted by atomic mass is 19.4. The lowest BCUT2D eigenvalue weighted by Gasteiger charge is -2.08. The number of nitrogens with two attached hydrogens (primary N) is 1. The van der Waals surface area contributed by atoms with Crippen LogP contribution in [-0.2, 0) is 6.18 Å². The fourth-order valence-corrected chi connectivity index (χ4v) is 0.834. The maximum atomic E-state index is 12.9. The number of pyridine rings is 1. The quantitative estimate of drug-likeness (QED) is 0.708. The van der Waals surface area contributed by atoms with Crippen molar-refractivity contribution in [1.82, 2.24) is 4.98 Å². The lowest BCUT2D eigenvalue weighted by atomic mass is 10.2. The van der Waals surface area contributed by atoms with E-state index in [4.69, 9.17) is 0 Å². The number of amides is 1. The van der Waals surface area contributed by atoms with Gasteiger partial charge in [-0.15, -0.1) is 0 Å². The Morgan fingerprint density at radius 1 is 1.43 bits per heavy atom. The average molecular weight is 208 g/mol. The summed E-state index contributed by atoms with van der Waals surface area (Å²) in [6.45, 7) is 0. The van der Waals surface area contributed by atoms with Crippen LogP contribution in [0.1, 0.15) is 16.1 Å². The van der Waals surface area contributed by atoms with Gasteiger partial charge in [0.25, 0.3) is 5.91 Å². The molecule has 2 N–H and O–H groups in total. The maximum absolute atomic E-state index is 12.9. The number of halogens is 4. The summed E-state index contributed by atoms with van der Waals surface area (Å²) in [4.78, 5) is 13.6. The van der Waals surface area contributed by atoms with Crippen LogP contribution in [0.25, 0.3) is 0 Å². The van der Waals surface area contributed by atoms with Crippen molar-refractivity contribution in [3.05, 3.63) is 29.3 Å². The standard InChI is InChI=1S/C7H4F4N2O/c8-4-3(7(9,10)11)1-2-13-5(4)6(12)14/h1-2H,(H2,12,14). The van der Waals surface area contributed by atoms with Gasteiger partial charge in [0.05, 0.1) is 5.56 Å². The Bertz CT molecular complexity index is 374. The highest BCUT2D eigenvalue weighted by Crippen LogP contribution is 2.31. The molecule has 76 valence electrons. The smallest absolute Gasteiger partial charge is 0.364 e. The van der Waals surface area contributed by atoms with Crippen molar-refractivity contribution >= 4 is 5.91 Å². The molecule has 1 amide bonds. The summed E-state index contributed by atoms with van der Waals surface area (Å²) in [6, 6.07) is 0.432. The molecule has 0 aliphatic heterocycles. The van der Waals surface area contributed by atoms with E-state index in [-0.39, 0.29) is 0 Å². The first-order valence-corrected chi connectivity index (χ1v) is 3.35. The van der Waals surface area contributed by atoms with Crippen LogP contribution in [0.5, 0.6) is 0 Å². The van der Waals surface area contributed by atoms with Crippen LogP contribution in [0, 0.1) is 5.82 Å². The van der Waals surface area contributed by atoms with Crippen LogP contribution >= 0.6 is 0 Å². The molecule has 3 nitrogen and oxygen atoms in total. The molecule has 0 aliphatic carbocycles. The second kappa shape index (κ2) is 3.24. The Hall–Kier alpha value is -1.66. The summed E-state index contributed by atoms with van der Waals surface area (Å²) in [5.41, 5.74) is 2.05. The molecule has 0 aliphatic rings. The van der Waals surface area contributed by atoms with Crippen molar-refractivity contribution < 1.29 is 22.4 Å². The molecule has 0 unspecified atom stereocenters. The molecule has 1 aromatic heterocycles. The Kier molecular flexibility index (Phi) is 2.41. The lowest BCUT2D eigenvalue weighted by molar-refractivity contribution is -0.140. The molecule has 1 aromatic rings. The Morgan fingerprint density at radius 3 is 2.43 bits per heavy atom. The van der Waals surface area contributed by atoms with Crippen molar-refractivity contribution in [3.63, 3.8) is 0 Å². The van der Waals surface area contributed by atoms with E-state index in [0.717, 1.165) is 0 Å². The molecule has 1 heterocycles. The molecular weight excluding hydrogens is 204 g/mol. The van der Waals surface area contributed by atoms with Crippen molar-refractivity contribution in [2.45, 2.75) is 6.18 Å². The minimum Gasteiger partial charge on any atom is -0.364 e. The zero-order valence-electron chi connectivity index (χ0n) is 6.60. The van der Waals surface area contributed by atoms with E-state index in [0.29, 0.717) is 12.3 Å². The van der Waals surface area contributed by atoms with E-state index in [1.807, 2.05) is 0 Å². The van der Waals surface area contributed by atoms with E-state index < -0.39 is 29.2 Å². The first-order valence-electron chi connectivity index (χ1n) is 3.35. The SMILES string of the molecule is NC(=O)c1nccc(C(F)(F)F)c1F. The van der Waals surface area contributed by atoms with Gasteiger partial charge in [0, 0.05) is 6.20 Å². The maximum Gasteiger partial charge on any atom is 0.419 e. The van der Waals surface area contributed by atoms with Gasteiger partial charge in [0.1, 0.15) is 0 Å². The van der Waals surface area contributed by atoms with Crippen LogP contribution in [0.4, 0.5) is 17.6 Å². The predicted octanol–water partition coefficient (Wildman–Crippen LogP) is 1.34. The number of hydrogen-bond acceptors (Lipinski definition) is 2. The minimum atomic E-state index is -4.86. The van der Waals surface area contributed by atoms with Gasteiger partial charge in [-0.3, -0.25) is 4.79 Å². The number of rotatable bonds is 1. The molecule has 0 bridgehead atoms. The summed E-state index contributed by atoms with van der Waals surface area (Å²) in [5.74, 6) is -3.08. The molecule has 0 radical (unpaired) electrons. The van der Waals surface area contributed by atoms with Gasteiger partial charge in [0.15, 0.2) is 11.5 Å². The van der Waals surface area contributed by atoms with E-state index in [2.05, 4.69) is 10.7 Å². The first kappa shape index (κ1) is 10.4. The highest BCUT2D eigenvalue weighted by Gasteiger charge is 2.35. The van der Waals surface area contributed by atoms with Crippen LogP contribution in [0.15, 0.2) is 12.3 Å². The zero-order valence-corrected chi connectivity index (χ0v) is 6.60. The van der Waals surface area contributed by atoms with Gasteiger partial charge in [-0.1, -0.05) is 0 Å². The van der Waals surface area contributed by atoms with Crippen molar-refractivity contribution in [1.29, 1.82) is 0 Å². The molecular formula is C7H4F4N2O. The Balaban J connectivity index is 3.35. The third-order valence-corrected chi connectivity index (χ3v) is 1.43. The molecule has 0 atom stereocenters. The summed E-state index contributed by atoms with van der Waals surface area (Å²) >= 11 is 0. The largest absolute Gasteiger partial charge is 0.419 e. The van der Waals surface area contributed by atoms with Gasteiger partial charge in [-0.2, -0.15) is 13.2 Å². The number of nitrogens with zero attached hydrogens (tertiary/aromatic N) is 1. The normalized spacial score (nSPS) is 11.4. The molecule has 7 heteroatoms. The van der Waals surface area contributed by atoms with Crippen LogP contribution in [0.3, 0.4) is 0 Å². The Labute approximate surface area is 75.5 Å². The topological polar surface area (TPSA) is 56.0 Å². The fourth-order valence-electron chi connectivity index (χ4n) is 0.834. The number of carbonyl (C=O) groups excluding carboxylic acids is 1. The second-order valence-corrected chi connectivity index (χ2v) is 2.38. The van der Waals surface area contributed by atoms with Crippen molar-refractivity contribution in [2.24, 2.45) is 5.73 Å². The summed E-state index contributed by atoms with van der Waals surface area (Å²) in [7, 11) is 0. The molecule has 0 aromatic carbocycles. The number of primary amides is 1. The summed E-state index contributed by atoms with van der Waals surface area (Å²) in [5, 5.41) is 0. The molecule has 0 spiro atoms. The van der Waals surface area contributed by atoms with Gasteiger partial charge in [0.2, 0.25) is 0 Å². The van der Waals surface area contributed by atoms with E-state index in [9.17, 15) is 22.4 Å². The zero-order chi connectivity index (χ0) is 10.9. The number of aromatic nitrogens is 1. The lowest BCUT2D eigenvalue weighted by Crippen LogP contribution is -2.19. The third-order valence-electron chi connectivity index (χ3n) is 1.43. The molecule has 0 saturated heterocycles. The molecule has 1 rings (SSSR count). The molecule has 14 heavy (non-hydrogen) atoms. The summed E-state index contributed by atoms with van der Waals surface area (Å²) in [6.07, 6.45) is -4.19. The second-order valence-electron chi connectivity index (χ2n) is 2.38. The van der Waals surface area contributed by atoms with Crippen LogP contribution in [0.2, 0.25) is 0 Å². The van der Waals surface area contributed by atoms with Gasteiger partial charge >= 0.3 is 6.18 Å². The number of hydrogen-bond donors (Lipinski definition) is 1. The predicted molar refractivity (Wildman–Crippen MR) is 37.7 cm³/mol. The number of alkyl halides is 3. The van der Waals surface area contributed by atoms with Crippen molar-refractivity contribution in [3.8, 4) is 0 Å².